The molecule has 0 unspecified atom stereocenters. The average Bonchev–Trinajstić information content (AvgIpc) is 2.64. The van der Waals surface area contributed by atoms with Crippen molar-refractivity contribution < 1.29 is 23.3 Å². The summed E-state index contributed by atoms with van der Waals surface area (Å²) in [5.74, 6) is 1.89. The van der Waals surface area contributed by atoms with Gasteiger partial charge >= 0.3 is 0 Å². The topological polar surface area (TPSA) is 115 Å². The summed E-state index contributed by atoms with van der Waals surface area (Å²) in [4.78, 5) is 7.92. The van der Waals surface area contributed by atoms with Gasteiger partial charge < -0.3 is 30.4 Å². The molecule has 0 radical (unpaired) electrons. The van der Waals surface area contributed by atoms with E-state index in [1.807, 2.05) is 12.1 Å². The first-order chi connectivity index (χ1) is 12.6. The zero-order chi connectivity index (χ0) is 18.9. The van der Waals surface area contributed by atoms with Gasteiger partial charge in [0.2, 0.25) is 11.7 Å². The first-order valence-electron chi connectivity index (χ1n) is 7.97. The lowest BCUT2D eigenvalue weighted by molar-refractivity contribution is 0.0878. The molecule has 26 heavy (non-hydrogen) atoms. The maximum Gasteiger partial charge on any atom is 0.221 e. The van der Waals surface area contributed by atoms with Crippen LogP contribution in [0.1, 0.15) is 11.1 Å². The molecule has 0 spiro atoms. The Kier molecular flexibility index (Phi) is 7.22. The maximum atomic E-state index is 12.0. The third-order valence-electron chi connectivity index (χ3n) is 3.53. The molecule has 0 bridgehead atoms. The lowest BCUT2D eigenvalue weighted by atomic mass is 10.1. The fourth-order valence-electron chi connectivity index (χ4n) is 2.33. The lowest BCUT2D eigenvalue weighted by Gasteiger charge is -2.16. The summed E-state index contributed by atoms with van der Waals surface area (Å²) < 4.78 is 33.6. The van der Waals surface area contributed by atoms with Gasteiger partial charge in [0.25, 0.3) is 0 Å². The Bertz CT molecular complexity index is 705. The van der Waals surface area contributed by atoms with Gasteiger partial charge in [-0.05, 0) is 17.7 Å². The third-order valence-corrected chi connectivity index (χ3v) is 3.53. The van der Waals surface area contributed by atoms with E-state index in [9.17, 15) is 4.39 Å². The second-order valence-electron chi connectivity index (χ2n) is 5.29. The van der Waals surface area contributed by atoms with Crippen LogP contribution < -0.4 is 25.7 Å². The fraction of sp³-hybridized carbons (Fsp3) is 0.412. The number of aromatic nitrogens is 2. The molecule has 1 aromatic heterocycles. The standard InChI is InChI=1S/C17H23FN4O4/c1-23-13-8-11(7-12-10-21-17(20)22-16(12)19)9-14(24-2)15(13)26-6-5-25-4-3-18/h8-10H,3-7H2,1-2H3,(H4,19,20,21,22)/i18-1. The van der Waals surface area contributed by atoms with Crippen LogP contribution in [0.2, 0.25) is 0 Å². The zero-order valence-corrected chi connectivity index (χ0v) is 14.8. The predicted octanol–water partition coefficient (Wildman–Crippen LogP) is 1.61. The largest absolute Gasteiger partial charge is 0.493 e. The fourth-order valence-corrected chi connectivity index (χ4v) is 2.33. The molecule has 0 saturated carbocycles. The Morgan fingerprint density at radius 2 is 1.73 bits per heavy atom. The van der Waals surface area contributed by atoms with Gasteiger partial charge in [0.1, 0.15) is 19.1 Å². The number of nitrogen functional groups attached to an aromatic ring is 2. The van der Waals surface area contributed by atoms with Gasteiger partial charge in [-0.25, -0.2) is 9.37 Å². The van der Waals surface area contributed by atoms with E-state index in [0.717, 1.165) is 11.1 Å². The molecule has 0 aliphatic rings. The molecule has 0 fully saturated rings. The van der Waals surface area contributed by atoms with Crippen LogP contribution in [0.15, 0.2) is 18.3 Å². The molecule has 0 aliphatic heterocycles. The molecular weight excluding hydrogens is 342 g/mol. The SMILES string of the molecule is COc1cc(Cc2cnc(N)nc2N)cc(OC)c1OCCOCC[18F]. The molecule has 0 amide bonds. The molecule has 1 heterocycles. The molecule has 4 N–H and O–H groups in total. The Morgan fingerprint density at radius 1 is 1.04 bits per heavy atom. The van der Waals surface area contributed by atoms with E-state index in [-0.39, 0.29) is 25.8 Å². The van der Waals surface area contributed by atoms with Gasteiger partial charge in [0, 0.05) is 18.2 Å². The third kappa shape index (κ3) is 5.09. The van der Waals surface area contributed by atoms with Crippen LogP contribution in [0.25, 0.3) is 0 Å². The Labute approximate surface area is 151 Å². The molecule has 2 aromatic rings. The summed E-state index contributed by atoms with van der Waals surface area (Å²) in [5.41, 5.74) is 13.0. The highest BCUT2D eigenvalue weighted by Gasteiger charge is 2.15. The molecule has 8 nitrogen and oxygen atoms in total. The van der Waals surface area contributed by atoms with Gasteiger partial charge in [-0.3, -0.25) is 0 Å². The smallest absolute Gasteiger partial charge is 0.221 e. The van der Waals surface area contributed by atoms with Crippen LogP contribution in [0, 0.1) is 0 Å². The normalized spacial score (nSPS) is 10.6. The number of alkyl halides is 1. The number of nitrogens with two attached hydrogens (primary N) is 2. The molecule has 0 atom stereocenters. The number of hydrogen-bond donors (Lipinski definition) is 2. The van der Waals surface area contributed by atoms with Crippen molar-refractivity contribution in [1.82, 2.24) is 9.97 Å². The summed E-state index contributed by atoms with van der Waals surface area (Å²) in [7, 11) is 3.07. The monoisotopic (exact) mass is 365 g/mol. The van der Waals surface area contributed by atoms with E-state index in [1.54, 1.807) is 6.20 Å². The van der Waals surface area contributed by atoms with Crippen molar-refractivity contribution >= 4 is 11.8 Å². The molecule has 1 aromatic carbocycles. The quantitative estimate of drug-likeness (QED) is 0.610. The second kappa shape index (κ2) is 9.62. The van der Waals surface area contributed by atoms with Crippen molar-refractivity contribution in [2.75, 3.05) is 52.2 Å². The van der Waals surface area contributed by atoms with Crippen LogP contribution in [-0.2, 0) is 11.2 Å². The van der Waals surface area contributed by atoms with E-state index >= 15 is 0 Å². The van der Waals surface area contributed by atoms with Gasteiger partial charge in [0.15, 0.2) is 11.5 Å². The maximum absolute atomic E-state index is 12.0. The highest BCUT2D eigenvalue weighted by molar-refractivity contribution is 5.55. The molecule has 0 aliphatic carbocycles. The van der Waals surface area contributed by atoms with Crippen molar-refractivity contribution in [3.63, 3.8) is 0 Å². The summed E-state index contributed by atoms with van der Waals surface area (Å²) in [6.07, 6.45) is 2.06. The van der Waals surface area contributed by atoms with E-state index in [4.69, 9.17) is 30.4 Å². The summed E-state index contributed by atoms with van der Waals surface area (Å²) in [6.45, 7) is 0.0169. The van der Waals surface area contributed by atoms with Crippen molar-refractivity contribution in [2.24, 2.45) is 0 Å². The Morgan fingerprint density at radius 3 is 2.31 bits per heavy atom. The predicted molar refractivity (Wildman–Crippen MR) is 95.5 cm³/mol. The van der Waals surface area contributed by atoms with E-state index in [2.05, 4.69) is 9.97 Å². The van der Waals surface area contributed by atoms with E-state index in [0.29, 0.717) is 29.5 Å². The van der Waals surface area contributed by atoms with Crippen LogP contribution in [0.5, 0.6) is 17.2 Å². The second-order valence-corrected chi connectivity index (χ2v) is 5.29. The van der Waals surface area contributed by atoms with Gasteiger partial charge in [-0.1, -0.05) is 0 Å². The van der Waals surface area contributed by atoms with Gasteiger partial charge in [0.05, 0.1) is 27.4 Å². The number of nitrogens with zero attached hydrogens (tertiary/aromatic N) is 2. The van der Waals surface area contributed by atoms with E-state index in [1.165, 1.54) is 14.2 Å². The molecule has 9 heteroatoms. The van der Waals surface area contributed by atoms with Crippen LogP contribution >= 0.6 is 0 Å². The first-order valence-corrected chi connectivity index (χ1v) is 7.97. The molecule has 2 rings (SSSR count). The minimum Gasteiger partial charge on any atom is -0.493 e. The first kappa shape index (κ1) is 19.5. The van der Waals surface area contributed by atoms with Gasteiger partial charge in [-0.2, -0.15) is 4.98 Å². The summed E-state index contributed by atoms with van der Waals surface area (Å²) in [6, 6.07) is 3.63. The minimum atomic E-state index is -0.528. The summed E-state index contributed by atoms with van der Waals surface area (Å²) in [5, 5.41) is 0. The number of methoxy groups -OCH3 is 2. The number of rotatable bonds is 10. The van der Waals surface area contributed by atoms with Crippen molar-refractivity contribution in [3.8, 4) is 17.2 Å². The zero-order valence-electron chi connectivity index (χ0n) is 14.8. The van der Waals surface area contributed by atoms with Crippen LogP contribution in [0.3, 0.4) is 0 Å². The van der Waals surface area contributed by atoms with Crippen molar-refractivity contribution in [2.45, 2.75) is 6.42 Å². The number of anilines is 2. The highest BCUT2D eigenvalue weighted by Crippen LogP contribution is 2.39. The van der Waals surface area contributed by atoms with Crippen LogP contribution in [0.4, 0.5) is 16.2 Å². The van der Waals surface area contributed by atoms with Crippen molar-refractivity contribution in [3.05, 3.63) is 29.5 Å². The average molecular weight is 365 g/mol. The molecule has 142 valence electrons. The molecular formula is C17H23FN4O4. The summed E-state index contributed by atoms with van der Waals surface area (Å²) >= 11 is 0. The Hall–Kier alpha value is -2.81. The Balaban J connectivity index is 2.18. The van der Waals surface area contributed by atoms with Gasteiger partial charge in [-0.15, -0.1) is 0 Å². The van der Waals surface area contributed by atoms with E-state index < -0.39 is 6.67 Å². The number of halogens is 1. The van der Waals surface area contributed by atoms with Crippen molar-refractivity contribution in [1.29, 1.82) is 0 Å². The molecule has 0 saturated heterocycles. The lowest BCUT2D eigenvalue weighted by Crippen LogP contribution is -2.10. The number of benzene rings is 1. The highest BCUT2D eigenvalue weighted by atomic mass is 18.2. The van der Waals surface area contributed by atoms with Crippen LogP contribution in [-0.4, -0.2) is 50.7 Å². The number of hydrogen-bond acceptors (Lipinski definition) is 8. The minimum absolute atomic E-state index is 0.0433. The number of ether oxygens (including phenoxy) is 4.